The SMILES string of the molecule is C1CN(C2CCOOO2)CCO1. The number of nitrogens with zero attached hydrogens (tertiary/aromatic N) is 1. The van der Waals surface area contributed by atoms with Crippen molar-refractivity contribution in [2.24, 2.45) is 0 Å². The summed E-state index contributed by atoms with van der Waals surface area (Å²) in [6.07, 6.45) is 0.905. The second-order valence-electron chi connectivity index (χ2n) is 2.88. The van der Waals surface area contributed by atoms with Gasteiger partial charge in [0.1, 0.15) is 0 Å². The van der Waals surface area contributed by atoms with E-state index in [2.05, 4.69) is 14.8 Å². The van der Waals surface area contributed by atoms with E-state index < -0.39 is 0 Å². The van der Waals surface area contributed by atoms with Crippen LogP contribution < -0.4 is 0 Å². The minimum Gasteiger partial charge on any atom is -0.379 e. The predicted octanol–water partition coefficient (Wildman–Crippen LogP) is -0.0718. The molecule has 12 heavy (non-hydrogen) atoms. The number of morpholine rings is 1. The zero-order valence-electron chi connectivity index (χ0n) is 6.90. The normalized spacial score (nSPS) is 33.5. The largest absolute Gasteiger partial charge is 0.379 e. The highest BCUT2D eigenvalue weighted by molar-refractivity contribution is 4.66. The molecule has 5 nitrogen and oxygen atoms in total. The Labute approximate surface area is 71.0 Å². The molecular weight excluding hydrogens is 162 g/mol. The highest BCUT2D eigenvalue weighted by Crippen LogP contribution is 2.13. The molecule has 0 aliphatic carbocycles. The number of hydrogen-bond acceptors (Lipinski definition) is 5. The molecule has 0 spiro atoms. The van der Waals surface area contributed by atoms with Gasteiger partial charge in [0.05, 0.1) is 19.8 Å². The lowest BCUT2D eigenvalue weighted by Crippen LogP contribution is -2.46. The molecule has 2 fully saturated rings. The van der Waals surface area contributed by atoms with Crippen LogP contribution in [0.5, 0.6) is 0 Å². The van der Waals surface area contributed by atoms with E-state index in [0.29, 0.717) is 6.61 Å². The topological polar surface area (TPSA) is 40.2 Å². The Hall–Kier alpha value is -0.200. The van der Waals surface area contributed by atoms with E-state index in [1.807, 2.05) is 0 Å². The third-order valence-corrected chi connectivity index (χ3v) is 2.10. The summed E-state index contributed by atoms with van der Waals surface area (Å²) in [5.41, 5.74) is 0. The highest BCUT2D eigenvalue weighted by Gasteiger charge is 2.25. The molecule has 0 saturated carbocycles. The molecular formula is C7H13NO4. The van der Waals surface area contributed by atoms with Crippen LogP contribution in [-0.4, -0.2) is 44.0 Å². The Morgan fingerprint density at radius 3 is 2.58 bits per heavy atom. The van der Waals surface area contributed by atoms with Crippen molar-refractivity contribution in [3.8, 4) is 0 Å². The minimum atomic E-state index is 0.0441. The third kappa shape index (κ3) is 1.94. The van der Waals surface area contributed by atoms with Crippen molar-refractivity contribution in [3.05, 3.63) is 0 Å². The molecule has 5 heteroatoms. The van der Waals surface area contributed by atoms with Crippen LogP contribution in [0.15, 0.2) is 0 Å². The van der Waals surface area contributed by atoms with Crippen molar-refractivity contribution in [1.29, 1.82) is 0 Å². The molecule has 1 atom stereocenters. The monoisotopic (exact) mass is 175 g/mol. The van der Waals surface area contributed by atoms with Gasteiger partial charge in [0.25, 0.3) is 0 Å². The molecule has 0 N–H and O–H groups in total. The number of ether oxygens (including phenoxy) is 1. The van der Waals surface area contributed by atoms with E-state index in [1.54, 1.807) is 0 Å². The summed E-state index contributed by atoms with van der Waals surface area (Å²) in [5.74, 6) is 0. The number of hydrogen-bond donors (Lipinski definition) is 0. The van der Waals surface area contributed by atoms with E-state index in [4.69, 9.17) is 9.62 Å². The standard InChI is InChI=1S/C7H13NO4/c1-4-10-12-11-7(1)8-2-5-9-6-3-8/h7H,1-6H2. The van der Waals surface area contributed by atoms with Gasteiger partial charge in [-0.05, 0) is 0 Å². The Morgan fingerprint density at radius 2 is 1.92 bits per heavy atom. The fourth-order valence-electron chi connectivity index (χ4n) is 1.41. The molecule has 0 amide bonds. The molecule has 0 aromatic heterocycles. The lowest BCUT2D eigenvalue weighted by atomic mass is 10.3. The summed E-state index contributed by atoms with van der Waals surface area (Å²) in [5, 5.41) is 4.45. The van der Waals surface area contributed by atoms with Gasteiger partial charge in [-0.1, -0.05) is 5.04 Å². The van der Waals surface area contributed by atoms with Crippen molar-refractivity contribution in [2.45, 2.75) is 12.6 Å². The van der Waals surface area contributed by atoms with Crippen LogP contribution in [0.3, 0.4) is 0 Å². The van der Waals surface area contributed by atoms with E-state index in [1.165, 1.54) is 0 Å². The van der Waals surface area contributed by atoms with Crippen LogP contribution in [0.25, 0.3) is 0 Å². The summed E-state index contributed by atoms with van der Waals surface area (Å²) < 4.78 is 5.22. The quantitative estimate of drug-likeness (QED) is 0.522. The molecule has 2 aliphatic rings. The van der Waals surface area contributed by atoms with Gasteiger partial charge in [0.15, 0.2) is 6.23 Å². The first kappa shape index (κ1) is 8.40. The summed E-state index contributed by atoms with van der Waals surface area (Å²) >= 11 is 0. The second-order valence-corrected chi connectivity index (χ2v) is 2.88. The molecule has 0 bridgehead atoms. The van der Waals surface area contributed by atoms with Gasteiger partial charge in [-0.3, -0.25) is 4.90 Å². The molecule has 70 valence electrons. The zero-order chi connectivity index (χ0) is 8.23. The average Bonchev–Trinajstić information content (AvgIpc) is 2.21. The van der Waals surface area contributed by atoms with E-state index in [0.717, 1.165) is 32.7 Å². The Balaban J connectivity index is 1.80. The van der Waals surface area contributed by atoms with Crippen molar-refractivity contribution in [2.75, 3.05) is 32.9 Å². The molecule has 2 heterocycles. The highest BCUT2D eigenvalue weighted by atomic mass is 17.5. The molecule has 0 aromatic carbocycles. The molecule has 0 radical (unpaired) electrons. The third-order valence-electron chi connectivity index (χ3n) is 2.10. The maximum Gasteiger partial charge on any atom is 0.151 e. The van der Waals surface area contributed by atoms with Crippen molar-refractivity contribution in [1.82, 2.24) is 4.90 Å². The average molecular weight is 175 g/mol. The predicted molar refractivity (Wildman–Crippen MR) is 38.9 cm³/mol. The van der Waals surface area contributed by atoms with Gasteiger partial charge in [0, 0.05) is 19.5 Å². The van der Waals surface area contributed by atoms with Crippen molar-refractivity contribution >= 4 is 0 Å². The fraction of sp³-hybridized carbons (Fsp3) is 1.00. The fourth-order valence-corrected chi connectivity index (χ4v) is 1.41. The smallest absolute Gasteiger partial charge is 0.151 e. The van der Waals surface area contributed by atoms with Crippen LogP contribution >= 0.6 is 0 Å². The van der Waals surface area contributed by atoms with Gasteiger partial charge in [-0.15, -0.1) is 0 Å². The molecule has 2 aliphatic heterocycles. The first-order valence-corrected chi connectivity index (χ1v) is 4.23. The van der Waals surface area contributed by atoms with Gasteiger partial charge in [0.2, 0.25) is 0 Å². The van der Waals surface area contributed by atoms with E-state index in [9.17, 15) is 0 Å². The van der Waals surface area contributed by atoms with Crippen LogP contribution in [0.4, 0.5) is 0 Å². The van der Waals surface area contributed by atoms with Crippen LogP contribution in [0.2, 0.25) is 0 Å². The molecule has 0 aromatic rings. The van der Waals surface area contributed by atoms with Gasteiger partial charge < -0.3 is 4.74 Å². The maximum absolute atomic E-state index is 5.22. The first-order valence-electron chi connectivity index (χ1n) is 4.23. The summed E-state index contributed by atoms with van der Waals surface area (Å²) in [6, 6.07) is 0. The second kappa shape index (κ2) is 4.15. The minimum absolute atomic E-state index is 0.0441. The van der Waals surface area contributed by atoms with Gasteiger partial charge in [-0.2, -0.15) is 4.89 Å². The Bertz CT molecular complexity index is 115. The molecule has 1 unspecified atom stereocenters. The van der Waals surface area contributed by atoms with Crippen molar-refractivity contribution < 1.29 is 19.6 Å². The van der Waals surface area contributed by atoms with E-state index in [-0.39, 0.29) is 6.23 Å². The van der Waals surface area contributed by atoms with Gasteiger partial charge >= 0.3 is 0 Å². The molecule has 2 rings (SSSR count). The summed E-state index contributed by atoms with van der Waals surface area (Å²) in [6.45, 7) is 3.98. The summed E-state index contributed by atoms with van der Waals surface area (Å²) in [4.78, 5) is 11.8. The van der Waals surface area contributed by atoms with E-state index >= 15 is 0 Å². The Morgan fingerprint density at radius 1 is 1.08 bits per heavy atom. The van der Waals surface area contributed by atoms with Crippen LogP contribution in [0, 0.1) is 0 Å². The maximum atomic E-state index is 5.22. The first-order chi connectivity index (χ1) is 5.97. The summed E-state index contributed by atoms with van der Waals surface area (Å²) in [7, 11) is 0. The Kier molecular flexibility index (Phi) is 2.91. The lowest BCUT2D eigenvalue weighted by molar-refractivity contribution is -0.561. The lowest BCUT2D eigenvalue weighted by Gasteiger charge is -2.34. The molecule has 2 saturated heterocycles. The van der Waals surface area contributed by atoms with Crippen molar-refractivity contribution in [3.63, 3.8) is 0 Å². The van der Waals surface area contributed by atoms with Gasteiger partial charge in [-0.25, -0.2) is 4.89 Å². The zero-order valence-corrected chi connectivity index (χ0v) is 6.90. The van der Waals surface area contributed by atoms with Crippen LogP contribution in [0.1, 0.15) is 6.42 Å². The van der Waals surface area contributed by atoms with Crippen LogP contribution in [-0.2, 0) is 19.6 Å². The number of rotatable bonds is 1.